The lowest BCUT2D eigenvalue weighted by atomic mass is 10.2. The highest BCUT2D eigenvalue weighted by Crippen LogP contribution is 2.16. The second-order valence-corrected chi connectivity index (χ2v) is 7.54. The largest absolute Gasteiger partial charge is 0.379 e. The van der Waals surface area contributed by atoms with E-state index in [4.69, 9.17) is 16.3 Å². The third-order valence-corrected chi connectivity index (χ3v) is 5.22. The van der Waals surface area contributed by atoms with Gasteiger partial charge in [-0.15, -0.1) is 0 Å². The Morgan fingerprint density at radius 2 is 1.86 bits per heavy atom. The van der Waals surface area contributed by atoms with Crippen molar-refractivity contribution in [1.29, 1.82) is 0 Å². The fraction of sp³-hybridized carbons (Fsp3) is 0.409. The zero-order valence-electron chi connectivity index (χ0n) is 16.4. The second kappa shape index (κ2) is 10.5. The van der Waals surface area contributed by atoms with Gasteiger partial charge in [0.05, 0.1) is 13.2 Å². The molecule has 0 aromatic heterocycles. The predicted octanol–water partition coefficient (Wildman–Crippen LogP) is 4.40. The molecule has 0 saturated carbocycles. The van der Waals surface area contributed by atoms with Crippen LogP contribution in [0.1, 0.15) is 17.5 Å². The number of nitrogens with one attached hydrogen (secondary N) is 1. The summed E-state index contributed by atoms with van der Waals surface area (Å²) in [6, 6.07) is 15.4. The van der Waals surface area contributed by atoms with Crippen molar-refractivity contribution in [1.82, 2.24) is 9.80 Å². The second-order valence-electron chi connectivity index (χ2n) is 7.10. The lowest BCUT2D eigenvalue weighted by Gasteiger charge is -2.28. The van der Waals surface area contributed by atoms with Gasteiger partial charge in [-0.1, -0.05) is 41.9 Å². The maximum atomic E-state index is 13.0. The fourth-order valence-corrected chi connectivity index (χ4v) is 3.41. The first-order valence-electron chi connectivity index (χ1n) is 9.78. The lowest BCUT2D eigenvalue weighted by molar-refractivity contribution is 0.0365. The van der Waals surface area contributed by atoms with Crippen LogP contribution in [0.5, 0.6) is 0 Å². The van der Waals surface area contributed by atoms with Gasteiger partial charge in [0, 0.05) is 43.4 Å². The van der Waals surface area contributed by atoms with E-state index in [0.717, 1.165) is 56.1 Å². The molecule has 1 heterocycles. The molecule has 1 aliphatic heterocycles. The quantitative estimate of drug-likeness (QED) is 0.747. The summed E-state index contributed by atoms with van der Waals surface area (Å²) >= 11 is 6.00. The molecular weight excluding hydrogens is 374 g/mol. The minimum absolute atomic E-state index is 0.0776. The average molecular weight is 402 g/mol. The Hall–Kier alpha value is -2.08. The van der Waals surface area contributed by atoms with Crippen molar-refractivity contribution in [2.75, 3.05) is 44.7 Å². The number of nitrogens with zero attached hydrogens (tertiary/aromatic N) is 2. The van der Waals surface area contributed by atoms with Crippen molar-refractivity contribution in [2.24, 2.45) is 0 Å². The molecule has 6 heteroatoms. The van der Waals surface area contributed by atoms with Crippen LogP contribution in [-0.2, 0) is 11.3 Å². The van der Waals surface area contributed by atoms with Crippen LogP contribution in [0.25, 0.3) is 0 Å². The van der Waals surface area contributed by atoms with E-state index in [9.17, 15) is 4.79 Å². The first-order valence-corrected chi connectivity index (χ1v) is 10.2. The number of para-hydroxylation sites is 1. The molecule has 150 valence electrons. The minimum atomic E-state index is -0.0776. The number of anilines is 1. The molecular formula is C22H28ClN3O2. The molecule has 28 heavy (non-hydrogen) atoms. The van der Waals surface area contributed by atoms with Crippen molar-refractivity contribution in [3.8, 4) is 0 Å². The number of aryl methyl sites for hydroxylation is 1. The molecule has 3 rings (SSSR count). The number of carbonyl (C=O) groups is 1. The van der Waals surface area contributed by atoms with E-state index < -0.39 is 0 Å². The third-order valence-electron chi connectivity index (χ3n) is 4.97. The Morgan fingerprint density at radius 1 is 1.14 bits per heavy atom. The van der Waals surface area contributed by atoms with Gasteiger partial charge in [0.1, 0.15) is 0 Å². The fourth-order valence-electron chi connectivity index (χ4n) is 3.28. The van der Waals surface area contributed by atoms with Crippen molar-refractivity contribution >= 4 is 23.3 Å². The number of urea groups is 1. The number of rotatable bonds is 7. The van der Waals surface area contributed by atoms with E-state index >= 15 is 0 Å². The summed E-state index contributed by atoms with van der Waals surface area (Å²) < 4.78 is 5.40. The molecule has 0 spiro atoms. The van der Waals surface area contributed by atoms with Gasteiger partial charge in [-0.05, 0) is 42.7 Å². The highest BCUT2D eigenvalue weighted by atomic mass is 35.5. The number of benzene rings is 2. The molecule has 5 nitrogen and oxygen atoms in total. The van der Waals surface area contributed by atoms with Gasteiger partial charge in [0.2, 0.25) is 0 Å². The Balaban J connectivity index is 1.63. The summed E-state index contributed by atoms with van der Waals surface area (Å²) in [6.07, 6.45) is 0.925. The van der Waals surface area contributed by atoms with Gasteiger partial charge in [-0.3, -0.25) is 4.90 Å². The summed E-state index contributed by atoms with van der Waals surface area (Å²) in [5.74, 6) is 0. The molecule has 1 fully saturated rings. The van der Waals surface area contributed by atoms with Crippen LogP contribution in [-0.4, -0.2) is 55.2 Å². The van der Waals surface area contributed by atoms with E-state index in [-0.39, 0.29) is 6.03 Å². The number of amides is 2. The highest BCUT2D eigenvalue weighted by Gasteiger charge is 2.16. The van der Waals surface area contributed by atoms with Crippen molar-refractivity contribution < 1.29 is 9.53 Å². The van der Waals surface area contributed by atoms with Crippen LogP contribution >= 0.6 is 11.6 Å². The molecule has 0 radical (unpaired) electrons. The molecule has 0 unspecified atom stereocenters. The Morgan fingerprint density at radius 3 is 2.57 bits per heavy atom. The number of hydrogen-bond acceptors (Lipinski definition) is 3. The molecule has 0 aliphatic carbocycles. The number of morpholine rings is 1. The zero-order chi connectivity index (χ0) is 19.8. The van der Waals surface area contributed by atoms with E-state index in [1.807, 2.05) is 60.4 Å². The van der Waals surface area contributed by atoms with E-state index in [2.05, 4.69) is 10.2 Å². The minimum Gasteiger partial charge on any atom is -0.379 e. The van der Waals surface area contributed by atoms with Gasteiger partial charge in [0.15, 0.2) is 0 Å². The average Bonchev–Trinajstić information content (AvgIpc) is 2.71. The van der Waals surface area contributed by atoms with Gasteiger partial charge >= 0.3 is 6.03 Å². The van der Waals surface area contributed by atoms with Gasteiger partial charge in [-0.2, -0.15) is 0 Å². The Kier molecular flexibility index (Phi) is 7.71. The molecule has 1 saturated heterocycles. The standard InChI is InChI=1S/C22H28ClN3O2/c1-18-5-2-3-6-21(18)24-22(27)26(17-19-7-9-20(23)10-8-19)12-4-11-25-13-15-28-16-14-25/h2-3,5-10H,4,11-17H2,1H3,(H,24,27). The topological polar surface area (TPSA) is 44.8 Å². The summed E-state index contributed by atoms with van der Waals surface area (Å²) in [7, 11) is 0. The lowest BCUT2D eigenvalue weighted by Crippen LogP contribution is -2.40. The first kappa shape index (κ1) is 20.6. The van der Waals surface area contributed by atoms with Crippen LogP contribution in [0, 0.1) is 6.92 Å². The normalized spacial score (nSPS) is 14.6. The monoisotopic (exact) mass is 401 g/mol. The van der Waals surface area contributed by atoms with Gasteiger partial charge in [-0.25, -0.2) is 4.79 Å². The van der Waals surface area contributed by atoms with Crippen LogP contribution in [0.2, 0.25) is 5.02 Å². The molecule has 2 aromatic carbocycles. The SMILES string of the molecule is Cc1ccccc1NC(=O)N(CCCN1CCOCC1)Cc1ccc(Cl)cc1. The van der Waals surface area contributed by atoms with E-state index in [1.54, 1.807) is 0 Å². The predicted molar refractivity (Wildman–Crippen MR) is 114 cm³/mol. The summed E-state index contributed by atoms with van der Waals surface area (Å²) in [5, 5.41) is 3.76. The number of hydrogen-bond donors (Lipinski definition) is 1. The van der Waals surface area contributed by atoms with Crippen molar-refractivity contribution in [2.45, 2.75) is 19.9 Å². The number of carbonyl (C=O) groups excluding carboxylic acids is 1. The molecule has 1 N–H and O–H groups in total. The summed E-state index contributed by atoms with van der Waals surface area (Å²) in [6.45, 7) is 7.73. The molecule has 2 aromatic rings. The van der Waals surface area contributed by atoms with Gasteiger partial charge in [0.25, 0.3) is 0 Å². The molecule has 2 amide bonds. The number of ether oxygens (including phenoxy) is 1. The Labute approximate surface area is 172 Å². The first-order chi connectivity index (χ1) is 13.6. The molecule has 1 aliphatic rings. The third kappa shape index (κ3) is 6.23. The highest BCUT2D eigenvalue weighted by molar-refractivity contribution is 6.30. The number of halogens is 1. The maximum absolute atomic E-state index is 13.0. The summed E-state index contributed by atoms with van der Waals surface area (Å²) in [4.78, 5) is 17.2. The zero-order valence-corrected chi connectivity index (χ0v) is 17.1. The Bertz CT molecular complexity index is 761. The van der Waals surface area contributed by atoms with Crippen molar-refractivity contribution in [3.05, 3.63) is 64.7 Å². The van der Waals surface area contributed by atoms with Crippen molar-refractivity contribution in [3.63, 3.8) is 0 Å². The summed E-state index contributed by atoms with van der Waals surface area (Å²) in [5.41, 5.74) is 2.97. The van der Waals surface area contributed by atoms with Crippen LogP contribution in [0.15, 0.2) is 48.5 Å². The molecule has 0 atom stereocenters. The van der Waals surface area contributed by atoms with Crippen LogP contribution in [0.4, 0.5) is 10.5 Å². The van der Waals surface area contributed by atoms with Crippen LogP contribution < -0.4 is 5.32 Å². The van der Waals surface area contributed by atoms with E-state index in [1.165, 1.54) is 0 Å². The van der Waals surface area contributed by atoms with E-state index in [0.29, 0.717) is 18.1 Å². The molecule has 0 bridgehead atoms. The van der Waals surface area contributed by atoms with Crippen LogP contribution in [0.3, 0.4) is 0 Å². The smallest absolute Gasteiger partial charge is 0.322 e. The van der Waals surface area contributed by atoms with Gasteiger partial charge < -0.3 is 15.0 Å². The maximum Gasteiger partial charge on any atom is 0.322 e.